The largest absolute Gasteiger partial charge is 0.325 e. The van der Waals surface area contributed by atoms with Crippen molar-refractivity contribution in [2.45, 2.75) is 70.3 Å². The van der Waals surface area contributed by atoms with Crippen molar-refractivity contribution < 1.29 is 0 Å². The highest BCUT2D eigenvalue weighted by atomic mass is 14.8. The van der Waals surface area contributed by atoms with Crippen LogP contribution in [-0.4, -0.2) is 5.54 Å². The molecule has 2 aliphatic carbocycles. The second-order valence-electron chi connectivity index (χ2n) is 5.59. The summed E-state index contributed by atoms with van der Waals surface area (Å²) >= 11 is 0. The van der Waals surface area contributed by atoms with Crippen molar-refractivity contribution in [3.63, 3.8) is 0 Å². The summed E-state index contributed by atoms with van der Waals surface area (Å²) in [4.78, 5) is 0. The Hall–Kier alpha value is -0.0400. The Labute approximate surface area is 88.4 Å². The SMILES string of the molecule is CCC1CCC(N)(C2CCCCC2)C1. The Morgan fingerprint density at radius 1 is 1.14 bits per heavy atom. The van der Waals surface area contributed by atoms with Gasteiger partial charge in [0.1, 0.15) is 0 Å². The fourth-order valence-electron chi connectivity index (χ4n) is 3.61. The zero-order valence-corrected chi connectivity index (χ0v) is 9.60. The van der Waals surface area contributed by atoms with E-state index in [4.69, 9.17) is 5.73 Å². The van der Waals surface area contributed by atoms with Crippen LogP contribution in [0.25, 0.3) is 0 Å². The first-order valence-electron chi connectivity index (χ1n) is 6.53. The molecule has 0 bridgehead atoms. The molecular weight excluding hydrogens is 170 g/mol. The van der Waals surface area contributed by atoms with E-state index < -0.39 is 0 Å². The van der Waals surface area contributed by atoms with Crippen molar-refractivity contribution in [2.24, 2.45) is 17.6 Å². The van der Waals surface area contributed by atoms with Crippen LogP contribution in [0.4, 0.5) is 0 Å². The highest BCUT2D eigenvalue weighted by Crippen LogP contribution is 2.44. The van der Waals surface area contributed by atoms with Crippen molar-refractivity contribution in [1.82, 2.24) is 0 Å². The van der Waals surface area contributed by atoms with Crippen LogP contribution in [0.5, 0.6) is 0 Å². The van der Waals surface area contributed by atoms with Gasteiger partial charge in [-0.25, -0.2) is 0 Å². The summed E-state index contributed by atoms with van der Waals surface area (Å²) < 4.78 is 0. The fraction of sp³-hybridized carbons (Fsp3) is 1.00. The van der Waals surface area contributed by atoms with Gasteiger partial charge in [0.05, 0.1) is 0 Å². The molecule has 2 N–H and O–H groups in total. The summed E-state index contributed by atoms with van der Waals surface area (Å²) in [5, 5.41) is 0. The minimum absolute atomic E-state index is 0.237. The van der Waals surface area contributed by atoms with E-state index in [1.807, 2.05) is 0 Å². The summed E-state index contributed by atoms with van der Waals surface area (Å²) in [5.41, 5.74) is 6.84. The summed E-state index contributed by atoms with van der Waals surface area (Å²) in [5.74, 6) is 1.79. The maximum atomic E-state index is 6.60. The molecule has 82 valence electrons. The van der Waals surface area contributed by atoms with Crippen LogP contribution in [0.3, 0.4) is 0 Å². The van der Waals surface area contributed by atoms with Crippen molar-refractivity contribution in [2.75, 3.05) is 0 Å². The number of hydrogen-bond acceptors (Lipinski definition) is 1. The maximum absolute atomic E-state index is 6.60. The Morgan fingerprint density at radius 3 is 2.43 bits per heavy atom. The van der Waals surface area contributed by atoms with Crippen molar-refractivity contribution in [1.29, 1.82) is 0 Å². The molecule has 0 aliphatic heterocycles. The monoisotopic (exact) mass is 195 g/mol. The van der Waals surface area contributed by atoms with Gasteiger partial charge in [0.2, 0.25) is 0 Å². The third-order valence-electron chi connectivity index (χ3n) is 4.68. The van der Waals surface area contributed by atoms with Crippen LogP contribution in [-0.2, 0) is 0 Å². The molecule has 2 aliphatic rings. The first-order valence-corrected chi connectivity index (χ1v) is 6.53. The van der Waals surface area contributed by atoms with Gasteiger partial charge in [0, 0.05) is 5.54 Å². The van der Waals surface area contributed by atoms with Gasteiger partial charge in [0.25, 0.3) is 0 Å². The number of rotatable bonds is 2. The lowest BCUT2D eigenvalue weighted by Gasteiger charge is -2.37. The Morgan fingerprint density at radius 2 is 1.86 bits per heavy atom. The van der Waals surface area contributed by atoms with Gasteiger partial charge < -0.3 is 5.73 Å². The number of nitrogens with two attached hydrogens (primary N) is 1. The molecule has 0 aromatic rings. The van der Waals surface area contributed by atoms with Crippen LogP contribution >= 0.6 is 0 Å². The Balaban J connectivity index is 1.94. The van der Waals surface area contributed by atoms with Gasteiger partial charge in [-0.3, -0.25) is 0 Å². The third-order valence-corrected chi connectivity index (χ3v) is 4.68. The molecule has 0 heterocycles. The molecule has 0 radical (unpaired) electrons. The summed E-state index contributed by atoms with van der Waals surface area (Å²) in [7, 11) is 0. The molecule has 1 nitrogen and oxygen atoms in total. The molecule has 2 unspecified atom stereocenters. The van der Waals surface area contributed by atoms with E-state index in [-0.39, 0.29) is 5.54 Å². The second kappa shape index (κ2) is 4.22. The third kappa shape index (κ3) is 1.98. The van der Waals surface area contributed by atoms with Gasteiger partial charge in [-0.15, -0.1) is 0 Å². The molecule has 2 fully saturated rings. The Kier molecular flexibility index (Phi) is 3.16. The van der Waals surface area contributed by atoms with Gasteiger partial charge in [-0.2, -0.15) is 0 Å². The van der Waals surface area contributed by atoms with E-state index in [2.05, 4.69) is 6.92 Å². The van der Waals surface area contributed by atoms with E-state index in [1.165, 1.54) is 57.8 Å². The van der Waals surface area contributed by atoms with Gasteiger partial charge in [-0.05, 0) is 43.9 Å². The van der Waals surface area contributed by atoms with E-state index in [0.29, 0.717) is 0 Å². The maximum Gasteiger partial charge on any atom is 0.0185 e. The topological polar surface area (TPSA) is 26.0 Å². The quantitative estimate of drug-likeness (QED) is 0.717. The molecular formula is C13H25N. The predicted octanol–water partition coefficient (Wildman–Crippen LogP) is 3.47. The molecule has 14 heavy (non-hydrogen) atoms. The second-order valence-corrected chi connectivity index (χ2v) is 5.59. The molecule has 0 amide bonds. The number of hydrogen-bond donors (Lipinski definition) is 1. The van der Waals surface area contributed by atoms with Gasteiger partial charge in [-0.1, -0.05) is 32.6 Å². The zero-order chi connectivity index (χ0) is 10.0. The highest BCUT2D eigenvalue weighted by Gasteiger charge is 2.41. The normalized spacial score (nSPS) is 40.3. The minimum Gasteiger partial charge on any atom is -0.325 e. The lowest BCUT2D eigenvalue weighted by Crippen LogP contribution is -2.45. The van der Waals surface area contributed by atoms with Crippen molar-refractivity contribution in [3.8, 4) is 0 Å². The molecule has 0 aromatic carbocycles. The van der Waals surface area contributed by atoms with Crippen LogP contribution < -0.4 is 5.73 Å². The molecule has 0 spiro atoms. The van der Waals surface area contributed by atoms with E-state index in [0.717, 1.165) is 11.8 Å². The van der Waals surface area contributed by atoms with Crippen molar-refractivity contribution in [3.05, 3.63) is 0 Å². The smallest absolute Gasteiger partial charge is 0.0185 e. The van der Waals surface area contributed by atoms with E-state index >= 15 is 0 Å². The molecule has 2 atom stereocenters. The summed E-state index contributed by atoms with van der Waals surface area (Å²) in [6, 6.07) is 0. The molecule has 0 saturated heterocycles. The summed E-state index contributed by atoms with van der Waals surface area (Å²) in [6.45, 7) is 2.32. The molecule has 2 rings (SSSR count). The predicted molar refractivity (Wildman–Crippen MR) is 61.1 cm³/mol. The lowest BCUT2D eigenvalue weighted by atomic mass is 9.74. The molecule has 1 heteroatoms. The lowest BCUT2D eigenvalue weighted by molar-refractivity contribution is 0.203. The standard InChI is InChI=1S/C13H25N/c1-2-11-8-9-13(14,10-11)12-6-4-3-5-7-12/h11-12H,2-10,14H2,1H3. The van der Waals surface area contributed by atoms with Crippen LogP contribution in [0, 0.1) is 11.8 Å². The van der Waals surface area contributed by atoms with Crippen LogP contribution in [0.15, 0.2) is 0 Å². The fourth-order valence-corrected chi connectivity index (χ4v) is 3.61. The van der Waals surface area contributed by atoms with E-state index in [1.54, 1.807) is 0 Å². The minimum atomic E-state index is 0.237. The molecule has 0 aromatic heterocycles. The molecule has 2 saturated carbocycles. The first-order chi connectivity index (χ1) is 6.74. The van der Waals surface area contributed by atoms with Gasteiger partial charge >= 0.3 is 0 Å². The van der Waals surface area contributed by atoms with Crippen molar-refractivity contribution >= 4 is 0 Å². The van der Waals surface area contributed by atoms with Gasteiger partial charge in [0.15, 0.2) is 0 Å². The van der Waals surface area contributed by atoms with Crippen LogP contribution in [0.2, 0.25) is 0 Å². The van der Waals surface area contributed by atoms with Crippen LogP contribution in [0.1, 0.15) is 64.7 Å². The first kappa shape index (κ1) is 10.5. The summed E-state index contributed by atoms with van der Waals surface area (Å²) in [6.07, 6.45) is 12.5. The van der Waals surface area contributed by atoms with E-state index in [9.17, 15) is 0 Å². The zero-order valence-electron chi connectivity index (χ0n) is 9.60. The Bertz CT molecular complexity index is 184. The average Bonchev–Trinajstić information content (AvgIpc) is 2.63. The highest BCUT2D eigenvalue weighted by molar-refractivity contribution is 4.98. The average molecular weight is 195 g/mol.